The van der Waals surface area contributed by atoms with Crippen molar-refractivity contribution in [2.24, 2.45) is 5.92 Å². The minimum absolute atomic E-state index is 0.246. The normalized spacial score (nSPS) is 27.6. The zero-order valence-corrected chi connectivity index (χ0v) is 13.9. The molecule has 0 atom stereocenters. The second-order valence-electron chi connectivity index (χ2n) is 7.82. The van der Waals surface area contributed by atoms with E-state index >= 15 is 0 Å². The predicted molar refractivity (Wildman–Crippen MR) is 88.4 cm³/mol. The van der Waals surface area contributed by atoms with Gasteiger partial charge in [-0.25, -0.2) is 0 Å². The summed E-state index contributed by atoms with van der Waals surface area (Å²) in [6.45, 7) is 10.4. The van der Waals surface area contributed by atoms with Crippen molar-refractivity contribution in [3.63, 3.8) is 0 Å². The summed E-state index contributed by atoms with van der Waals surface area (Å²) in [5, 5.41) is 3.44. The molecule has 0 radical (unpaired) electrons. The van der Waals surface area contributed by atoms with E-state index in [4.69, 9.17) is 0 Å². The average Bonchev–Trinajstić information content (AvgIpc) is 2.41. The molecule has 0 aliphatic heterocycles. The molecule has 2 rings (SSSR count). The lowest BCUT2D eigenvalue weighted by atomic mass is 9.66. The minimum Gasteiger partial charge on any atom is -0.319 e. The molecule has 0 saturated heterocycles. The molecule has 0 spiro atoms. The van der Waals surface area contributed by atoms with Crippen LogP contribution in [0.1, 0.15) is 64.5 Å². The molecule has 112 valence electrons. The standard InChI is InChI=1S/C19H31N/c1-15-10-12-19(13-11-15,14-20-5)17-8-6-16(7-9-17)18(2,3)4/h6-9,15,20H,10-14H2,1-5H3. The summed E-state index contributed by atoms with van der Waals surface area (Å²) < 4.78 is 0. The van der Waals surface area contributed by atoms with E-state index in [1.807, 2.05) is 0 Å². The topological polar surface area (TPSA) is 12.0 Å². The lowest BCUT2D eigenvalue weighted by Crippen LogP contribution is -2.40. The van der Waals surface area contributed by atoms with Crippen LogP contribution in [0.4, 0.5) is 0 Å². The Bertz CT molecular complexity index is 416. The predicted octanol–water partition coefficient (Wildman–Crippen LogP) is 4.65. The second kappa shape index (κ2) is 5.89. The van der Waals surface area contributed by atoms with E-state index in [2.05, 4.69) is 64.3 Å². The number of rotatable bonds is 3. The first kappa shape index (κ1) is 15.6. The van der Waals surface area contributed by atoms with Crippen LogP contribution in [-0.2, 0) is 10.8 Å². The molecule has 0 aromatic heterocycles. The lowest BCUT2D eigenvalue weighted by molar-refractivity contribution is 0.237. The molecule has 1 aromatic rings. The number of hydrogen-bond donors (Lipinski definition) is 1. The Kier molecular flexibility index (Phi) is 4.59. The number of nitrogens with one attached hydrogen (secondary N) is 1. The molecule has 0 amide bonds. The summed E-state index contributed by atoms with van der Waals surface area (Å²) in [7, 11) is 2.09. The molecule has 0 heterocycles. The third kappa shape index (κ3) is 3.25. The van der Waals surface area contributed by atoms with Gasteiger partial charge in [-0.05, 0) is 55.2 Å². The summed E-state index contributed by atoms with van der Waals surface area (Å²) in [4.78, 5) is 0. The van der Waals surface area contributed by atoms with Crippen molar-refractivity contribution in [3.05, 3.63) is 35.4 Å². The van der Waals surface area contributed by atoms with E-state index < -0.39 is 0 Å². The number of likely N-dealkylation sites (N-methyl/N-ethyl adjacent to an activating group) is 1. The molecule has 1 aliphatic rings. The Labute approximate surface area is 125 Å². The Morgan fingerprint density at radius 1 is 1.10 bits per heavy atom. The molecular formula is C19H31N. The van der Waals surface area contributed by atoms with Gasteiger partial charge in [0, 0.05) is 12.0 Å². The summed E-state index contributed by atoms with van der Waals surface area (Å²) in [5.74, 6) is 0.897. The Morgan fingerprint density at radius 3 is 2.10 bits per heavy atom. The molecular weight excluding hydrogens is 242 g/mol. The fourth-order valence-electron chi connectivity index (χ4n) is 3.54. The van der Waals surface area contributed by atoms with Crippen LogP contribution in [-0.4, -0.2) is 13.6 Å². The average molecular weight is 273 g/mol. The molecule has 1 nitrogen and oxygen atoms in total. The first-order valence-electron chi connectivity index (χ1n) is 8.13. The number of hydrogen-bond acceptors (Lipinski definition) is 1. The summed E-state index contributed by atoms with van der Waals surface area (Å²) in [6, 6.07) is 9.44. The van der Waals surface area contributed by atoms with Gasteiger partial charge >= 0.3 is 0 Å². The maximum atomic E-state index is 3.44. The molecule has 0 unspecified atom stereocenters. The van der Waals surface area contributed by atoms with Gasteiger partial charge in [0.25, 0.3) is 0 Å². The van der Waals surface area contributed by atoms with E-state index in [-0.39, 0.29) is 5.41 Å². The zero-order chi connectivity index (χ0) is 14.8. The Balaban J connectivity index is 2.26. The molecule has 0 bridgehead atoms. The van der Waals surface area contributed by atoms with E-state index in [9.17, 15) is 0 Å². The van der Waals surface area contributed by atoms with Crippen molar-refractivity contribution < 1.29 is 0 Å². The van der Waals surface area contributed by atoms with Gasteiger partial charge in [-0.2, -0.15) is 0 Å². The highest BCUT2D eigenvalue weighted by Gasteiger charge is 2.35. The summed E-state index contributed by atoms with van der Waals surface area (Å²) >= 11 is 0. The van der Waals surface area contributed by atoms with Crippen LogP contribution in [0.5, 0.6) is 0 Å². The molecule has 20 heavy (non-hydrogen) atoms. The third-order valence-electron chi connectivity index (χ3n) is 5.11. The molecule has 1 N–H and O–H groups in total. The minimum atomic E-state index is 0.246. The lowest BCUT2D eigenvalue weighted by Gasteiger charge is -2.40. The van der Waals surface area contributed by atoms with Crippen LogP contribution >= 0.6 is 0 Å². The first-order chi connectivity index (χ1) is 9.37. The quantitative estimate of drug-likeness (QED) is 0.845. The molecule has 1 aliphatic carbocycles. The largest absolute Gasteiger partial charge is 0.319 e. The monoisotopic (exact) mass is 273 g/mol. The smallest absolute Gasteiger partial charge is 0.00778 e. The van der Waals surface area contributed by atoms with Crippen molar-refractivity contribution >= 4 is 0 Å². The van der Waals surface area contributed by atoms with Crippen LogP contribution < -0.4 is 5.32 Å². The fraction of sp³-hybridized carbons (Fsp3) is 0.684. The van der Waals surface area contributed by atoms with Gasteiger partial charge in [0.05, 0.1) is 0 Å². The van der Waals surface area contributed by atoms with Gasteiger partial charge < -0.3 is 5.32 Å². The van der Waals surface area contributed by atoms with E-state index in [1.165, 1.54) is 36.8 Å². The van der Waals surface area contributed by atoms with Crippen molar-refractivity contribution in [2.45, 2.75) is 64.2 Å². The van der Waals surface area contributed by atoms with E-state index in [0.717, 1.165) is 12.5 Å². The molecule has 1 saturated carbocycles. The van der Waals surface area contributed by atoms with Crippen LogP contribution in [0.3, 0.4) is 0 Å². The SMILES string of the molecule is CNCC1(c2ccc(C(C)(C)C)cc2)CCC(C)CC1. The van der Waals surface area contributed by atoms with Gasteiger partial charge in [0.15, 0.2) is 0 Å². The van der Waals surface area contributed by atoms with Crippen LogP contribution in [0.15, 0.2) is 24.3 Å². The molecule has 1 fully saturated rings. The van der Waals surface area contributed by atoms with Crippen molar-refractivity contribution in [3.8, 4) is 0 Å². The Morgan fingerprint density at radius 2 is 1.65 bits per heavy atom. The maximum Gasteiger partial charge on any atom is 0.00778 e. The zero-order valence-electron chi connectivity index (χ0n) is 13.9. The number of benzene rings is 1. The summed E-state index contributed by atoms with van der Waals surface area (Å²) in [5.41, 5.74) is 3.57. The van der Waals surface area contributed by atoms with Crippen LogP contribution in [0.25, 0.3) is 0 Å². The first-order valence-corrected chi connectivity index (χ1v) is 8.13. The fourth-order valence-corrected chi connectivity index (χ4v) is 3.54. The van der Waals surface area contributed by atoms with Gasteiger partial charge in [-0.3, -0.25) is 0 Å². The third-order valence-corrected chi connectivity index (χ3v) is 5.11. The van der Waals surface area contributed by atoms with E-state index in [0.29, 0.717) is 5.41 Å². The van der Waals surface area contributed by atoms with E-state index in [1.54, 1.807) is 0 Å². The molecule has 1 aromatic carbocycles. The van der Waals surface area contributed by atoms with Crippen molar-refractivity contribution in [1.29, 1.82) is 0 Å². The van der Waals surface area contributed by atoms with Crippen LogP contribution in [0, 0.1) is 5.92 Å². The molecule has 1 heteroatoms. The Hall–Kier alpha value is -0.820. The van der Waals surface area contributed by atoms with Crippen molar-refractivity contribution in [1.82, 2.24) is 5.32 Å². The highest BCUT2D eigenvalue weighted by molar-refractivity contribution is 5.33. The van der Waals surface area contributed by atoms with Crippen molar-refractivity contribution in [2.75, 3.05) is 13.6 Å². The van der Waals surface area contributed by atoms with Gasteiger partial charge in [0.2, 0.25) is 0 Å². The maximum absolute atomic E-state index is 3.44. The highest BCUT2D eigenvalue weighted by Crippen LogP contribution is 2.41. The van der Waals surface area contributed by atoms with Gasteiger partial charge in [-0.1, -0.05) is 52.0 Å². The summed E-state index contributed by atoms with van der Waals surface area (Å²) in [6.07, 6.45) is 5.37. The second-order valence-corrected chi connectivity index (χ2v) is 7.82. The van der Waals surface area contributed by atoms with Gasteiger partial charge in [-0.15, -0.1) is 0 Å². The van der Waals surface area contributed by atoms with Gasteiger partial charge in [0.1, 0.15) is 0 Å². The highest BCUT2D eigenvalue weighted by atomic mass is 14.8. The van der Waals surface area contributed by atoms with Crippen LogP contribution in [0.2, 0.25) is 0 Å².